The minimum atomic E-state index is -0.764. The number of esters is 1. The third-order valence-corrected chi connectivity index (χ3v) is 3.43. The first-order valence-electron chi connectivity index (χ1n) is 6.90. The first-order chi connectivity index (χ1) is 10.8. The first-order valence-corrected chi connectivity index (χ1v) is 7.28. The molecule has 1 unspecified atom stereocenters. The summed E-state index contributed by atoms with van der Waals surface area (Å²) in [6, 6.07) is 1.72. The zero-order chi connectivity index (χ0) is 17.6. The average molecular weight is 345 g/mol. The number of anilines is 1. The van der Waals surface area contributed by atoms with Gasteiger partial charge < -0.3 is 24.8 Å². The van der Waals surface area contributed by atoms with Gasteiger partial charge in [0.15, 0.2) is 0 Å². The number of hydrogen-bond donors (Lipinski definition) is 2. The highest BCUT2D eigenvalue weighted by Crippen LogP contribution is 2.35. The largest absolute Gasteiger partial charge is 0.495 e. The second kappa shape index (κ2) is 8.47. The Kier molecular flexibility index (Phi) is 6.96. The summed E-state index contributed by atoms with van der Waals surface area (Å²) in [5, 5.41) is 5.47. The lowest BCUT2D eigenvalue weighted by atomic mass is 10.1. The van der Waals surface area contributed by atoms with Gasteiger partial charge in [-0.15, -0.1) is 0 Å². The second-order valence-electron chi connectivity index (χ2n) is 5.03. The molecule has 0 aromatic heterocycles. The molecule has 0 saturated heterocycles. The van der Waals surface area contributed by atoms with Crippen LogP contribution in [0.3, 0.4) is 0 Å². The molecule has 0 radical (unpaired) electrons. The number of amides is 2. The highest BCUT2D eigenvalue weighted by atomic mass is 35.5. The smallest absolute Gasteiger partial charge is 0.328 e. The van der Waals surface area contributed by atoms with Crippen LogP contribution in [0.25, 0.3) is 0 Å². The van der Waals surface area contributed by atoms with Crippen molar-refractivity contribution in [3.8, 4) is 11.5 Å². The van der Waals surface area contributed by atoms with Crippen LogP contribution in [-0.4, -0.2) is 39.4 Å². The Morgan fingerprint density at radius 1 is 1.09 bits per heavy atom. The maximum atomic E-state index is 12.1. The maximum Gasteiger partial charge on any atom is 0.328 e. The summed E-state index contributed by atoms with van der Waals surface area (Å²) < 4.78 is 15.0. The van der Waals surface area contributed by atoms with Crippen LogP contribution in [0.4, 0.5) is 10.5 Å². The van der Waals surface area contributed by atoms with Gasteiger partial charge in [-0.3, -0.25) is 0 Å². The number of nitrogens with one attached hydrogen (secondary N) is 2. The Morgan fingerprint density at radius 2 is 1.70 bits per heavy atom. The molecule has 8 heteroatoms. The van der Waals surface area contributed by atoms with E-state index < -0.39 is 18.0 Å². The van der Waals surface area contributed by atoms with Crippen LogP contribution in [-0.2, 0) is 9.53 Å². The monoisotopic (exact) mass is 344 g/mol. The van der Waals surface area contributed by atoms with E-state index in [9.17, 15) is 9.59 Å². The molecule has 23 heavy (non-hydrogen) atoms. The summed E-state index contributed by atoms with van der Waals surface area (Å²) in [5.41, 5.74) is 0.350. The summed E-state index contributed by atoms with van der Waals surface area (Å²) in [6.45, 7) is 3.60. The van der Waals surface area contributed by atoms with E-state index in [1.54, 1.807) is 19.9 Å². The molecule has 1 aromatic carbocycles. The third-order valence-electron chi connectivity index (χ3n) is 3.13. The summed E-state index contributed by atoms with van der Waals surface area (Å²) in [4.78, 5) is 23.8. The molecule has 0 heterocycles. The molecule has 0 saturated carbocycles. The topological polar surface area (TPSA) is 85.9 Å². The van der Waals surface area contributed by atoms with E-state index in [0.29, 0.717) is 22.2 Å². The van der Waals surface area contributed by atoms with E-state index in [2.05, 4.69) is 15.4 Å². The fraction of sp³-hybridized carbons (Fsp3) is 0.467. The number of carbonyl (C=O) groups is 2. The molecule has 0 fully saturated rings. The minimum Gasteiger partial charge on any atom is -0.495 e. The zero-order valence-electron chi connectivity index (χ0n) is 13.7. The van der Waals surface area contributed by atoms with Crippen molar-refractivity contribution < 1.29 is 23.8 Å². The fourth-order valence-electron chi connectivity index (χ4n) is 1.88. The molecule has 0 spiro atoms. The summed E-state index contributed by atoms with van der Waals surface area (Å²) in [7, 11) is 4.20. The Balaban J connectivity index is 2.92. The van der Waals surface area contributed by atoms with Crippen LogP contribution in [0.5, 0.6) is 11.5 Å². The Labute approximate surface area is 140 Å². The number of halogens is 1. The molecule has 2 amide bonds. The van der Waals surface area contributed by atoms with Gasteiger partial charge in [-0.25, -0.2) is 9.59 Å². The highest BCUT2D eigenvalue weighted by Gasteiger charge is 2.25. The average Bonchev–Trinajstić information content (AvgIpc) is 2.51. The van der Waals surface area contributed by atoms with Crippen LogP contribution in [0, 0.1) is 5.92 Å². The maximum absolute atomic E-state index is 12.1. The van der Waals surface area contributed by atoms with E-state index in [-0.39, 0.29) is 5.92 Å². The van der Waals surface area contributed by atoms with Gasteiger partial charge >= 0.3 is 12.0 Å². The molecular weight excluding hydrogens is 324 g/mol. The lowest BCUT2D eigenvalue weighted by Crippen LogP contribution is -2.46. The van der Waals surface area contributed by atoms with Gasteiger partial charge in [0, 0.05) is 6.07 Å². The van der Waals surface area contributed by atoms with E-state index in [1.807, 2.05) is 0 Å². The van der Waals surface area contributed by atoms with Gasteiger partial charge in [0.2, 0.25) is 0 Å². The second-order valence-corrected chi connectivity index (χ2v) is 5.44. The number of rotatable bonds is 6. The summed E-state index contributed by atoms with van der Waals surface area (Å²) >= 11 is 6.04. The minimum absolute atomic E-state index is 0.130. The standard InChI is InChI=1S/C15H21ClN2O5/c1-8(2)13(14(19)23-5)18-15(20)17-10-6-9(16)11(21-3)7-12(10)22-4/h6-8,13H,1-5H3,(H2,17,18,20). The van der Waals surface area contributed by atoms with E-state index in [1.165, 1.54) is 27.4 Å². The predicted molar refractivity (Wildman–Crippen MR) is 87.4 cm³/mol. The van der Waals surface area contributed by atoms with Crippen molar-refractivity contribution in [2.75, 3.05) is 26.6 Å². The van der Waals surface area contributed by atoms with Crippen LogP contribution in [0.15, 0.2) is 12.1 Å². The van der Waals surface area contributed by atoms with Crippen LogP contribution in [0.2, 0.25) is 5.02 Å². The molecule has 0 aliphatic heterocycles. The van der Waals surface area contributed by atoms with E-state index in [4.69, 9.17) is 21.1 Å². The highest BCUT2D eigenvalue weighted by molar-refractivity contribution is 6.32. The first kappa shape index (κ1) is 18.9. The lowest BCUT2D eigenvalue weighted by molar-refractivity contribution is -0.143. The zero-order valence-corrected chi connectivity index (χ0v) is 14.5. The lowest BCUT2D eigenvalue weighted by Gasteiger charge is -2.20. The third kappa shape index (κ3) is 4.92. The Morgan fingerprint density at radius 3 is 2.17 bits per heavy atom. The number of hydrogen-bond acceptors (Lipinski definition) is 5. The van der Waals surface area contributed by atoms with Crippen LogP contribution >= 0.6 is 11.6 Å². The number of carbonyl (C=O) groups excluding carboxylic acids is 2. The quantitative estimate of drug-likeness (QED) is 0.775. The van der Waals surface area contributed by atoms with Crippen molar-refractivity contribution in [2.45, 2.75) is 19.9 Å². The molecule has 0 aliphatic carbocycles. The molecule has 1 atom stereocenters. The Bertz CT molecular complexity index is 577. The van der Waals surface area contributed by atoms with Gasteiger partial charge in [0.05, 0.1) is 32.0 Å². The van der Waals surface area contributed by atoms with Gasteiger partial charge in [-0.1, -0.05) is 25.4 Å². The predicted octanol–water partition coefficient (Wildman–Crippen LogP) is 2.68. The van der Waals surface area contributed by atoms with Gasteiger partial charge in [0.1, 0.15) is 17.5 Å². The number of methoxy groups -OCH3 is 3. The molecule has 1 rings (SSSR count). The normalized spacial score (nSPS) is 11.6. The van der Waals surface area contributed by atoms with Gasteiger partial charge in [-0.2, -0.15) is 0 Å². The molecule has 1 aromatic rings. The summed E-state index contributed by atoms with van der Waals surface area (Å²) in [6.07, 6.45) is 0. The van der Waals surface area contributed by atoms with Crippen molar-refractivity contribution in [1.29, 1.82) is 0 Å². The van der Waals surface area contributed by atoms with Crippen LogP contribution < -0.4 is 20.1 Å². The molecule has 128 valence electrons. The molecule has 2 N–H and O–H groups in total. The molecular formula is C15H21ClN2O5. The molecule has 0 bridgehead atoms. The number of benzene rings is 1. The van der Waals surface area contributed by atoms with Crippen LogP contribution in [0.1, 0.15) is 13.8 Å². The van der Waals surface area contributed by atoms with Crippen molar-refractivity contribution in [3.05, 3.63) is 17.2 Å². The van der Waals surface area contributed by atoms with Crippen molar-refractivity contribution in [2.24, 2.45) is 5.92 Å². The number of urea groups is 1. The summed E-state index contributed by atoms with van der Waals surface area (Å²) in [5.74, 6) is 0.147. The van der Waals surface area contributed by atoms with Gasteiger partial charge in [0.25, 0.3) is 0 Å². The van der Waals surface area contributed by atoms with Crippen molar-refractivity contribution in [3.63, 3.8) is 0 Å². The van der Waals surface area contributed by atoms with E-state index in [0.717, 1.165) is 0 Å². The molecule has 0 aliphatic rings. The Hall–Kier alpha value is -2.15. The van der Waals surface area contributed by atoms with Crippen molar-refractivity contribution >= 4 is 29.3 Å². The SMILES string of the molecule is COC(=O)C(NC(=O)Nc1cc(Cl)c(OC)cc1OC)C(C)C. The van der Waals surface area contributed by atoms with E-state index >= 15 is 0 Å². The molecule has 7 nitrogen and oxygen atoms in total. The fourth-order valence-corrected chi connectivity index (χ4v) is 2.12. The number of ether oxygens (including phenoxy) is 3. The van der Waals surface area contributed by atoms with Crippen molar-refractivity contribution in [1.82, 2.24) is 5.32 Å². The van der Waals surface area contributed by atoms with Gasteiger partial charge in [-0.05, 0) is 12.0 Å².